The van der Waals surface area contributed by atoms with Crippen molar-refractivity contribution in [3.8, 4) is 11.5 Å². The van der Waals surface area contributed by atoms with Gasteiger partial charge in [0.2, 0.25) is 11.8 Å². The highest BCUT2D eigenvalue weighted by Crippen LogP contribution is 2.24. The predicted octanol–water partition coefficient (Wildman–Crippen LogP) is 4.52. The van der Waals surface area contributed by atoms with Crippen molar-refractivity contribution in [2.45, 2.75) is 19.2 Å². The molecule has 8 heteroatoms. The van der Waals surface area contributed by atoms with Crippen LogP contribution in [0.25, 0.3) is 11.5 Å². The summed E-state index contributed by atoms with van der Waals surface area (Å²) >= 11 is 12.0. The van der Waals surface area contributed by atoms with Crippen LogP contribution in [-0.4, -0.2) is 20.9 Å². The molecule has 3 rings (SSSR count). The van der Waals surface area contributed by atoms with E-state index in [1.165, 1.54) is 0 Å². The fourth-order valence-electron chi connectivity index (χ4n) is 2.51. The molecule has 1 atom stereocenters. The van der Waals surface area contributed by atoms with E-state index in [9.17, 15) is 9.00 Å². The lowest BCUT2D eigenvalue weighted by atomic mass is 10.2. The summed E-state index contributed by atoms with van der Waals surface area (Å²) in [7, 11) is -1.41. The Morgan fingerprint density at radius 3 is 2.57 bits per heavy atom. The van der Waals surface area contributed by atoms with Gasteiger partial charge in [-0.25, -0.2) is 4.98 Å². The normalized spacial score (nSPS) is 12.0. The molecule has 0 aliphatic carbocycles. The van der Waals surface area contributed by atoms with Gasteiger partial charge in [-0.1, -0.05) is 41.4 Å². The Morgan fingerprint density at radius 2 is 1.86 bits per heavy atom. The molecule has 3 aromatic rings. The van der Waals surface area contributed by atoms with Crippen LogP contribution in [0.4, 0.5) is 0 Å². The number of amides is 1. The zero-order valence-electron chi connectivity index (χ0n) is 15.1. The van der Waals surface area contributed by atoms with E-state index in [0.29, 0.717) is 33.9 Å². The van der Waals surface area contributed by atoms with Crippen LogP contribution >= 0.6 is 23.2 Å². The highest BCUT2D eigenvalue weighted by molar-refractivity contribution is 7.84. The second-order valence-corrected chi connectivity index (χ2v) is 8.43. The standard InChI is InChI=1S/C20H18Cl2N2O3S/c1-13-18(24-20(27-13)14-6-8-16(21)9-7-14)11-28(26)12-19(25)23-10-15-4-2-3-5-17(15)22/h2-9H,10-12H2,1H3,(H,23,25)/t28-/m0/s1. The minimum atomic E-state index is -1.41. The molecule has 0 radical (unpaired) electrons. The van der Waals surface area contributed by atoms with Gasteiger partial charge in [0, 0.05) is 33.0 Å². The third kappa shape index (κ3) is 5.44. The summed E-state index contributed by atoms with van der Waals surface area (Å²) in [5.41, 5.74) is 2.16. The number of aromatic nitrogens is 1. The Morgan fingerprint density at radius 1 is 1.14 bits per heavy atom. The van der Waals surface area contributed by atoms with Crippen LogP contribution in [0.5, 0.6) is 0 Å². The number of benzene rings is 2. The van der Waals surface area contributed by atoms with Crippen LogP contribution in [0.15, 0.2) is 52.9 Å². The van der Waals surface area contributed by atoms with Crippen molar-refractivity contribution in [2.24, 2.45) is 0 Å². The lowest BCUT2D eigenvalue weighted by molar-refractivity contribution is -0.118. The van der Waals surface area contributed by atoms with Crippen molar-refractivity contribution in [1.29, 1.82) is 0 Å². The first-order valence-electron chi connectivity index (χ1n) is 8.49. The molecule has 28 heavy (non-hydrogen) atoms. The molecule has 0 saturated carbocycles. The fraction of sp³-hybridized carbons (Fsp3) is 0.200. The second kappa shape index (κ2) is 9.37. The molecule has 146 valence electrons. The lowest BCUT2D eigenvalue weighted by Crippen LogP contribution is -2.28. The van der Waals surface area contributed by atoms with Crippen LogP contribution in [0.3, 0.4) is 0 Å². The summed E-state index contributed by atoms with van der Waals surface area (Å²) in [5, 5.41) is 3.94. The van der Waals surface area contributed by atoms with Gasteiger partial charge >= 0.3 is 0 Å². The predicted molar refractivity (Wildman–Crippen MR) is 112 cm³/mol. The molecular formula is C20H18Cl2N2O3S. The van der Waals surface area contributed by atoms with Crippen molar-refractivity contribution in [3.63, 3.8) is 0 Å². The first kappa shape index (κ1) is 20.6. The quantitative estimate of drug-likeness (QED) is 0.590. The van der Waals surface area contributed by atoms with Gasteiger partial charge in [-0.15, -0.1) is 0 Å². The van der Waals surface area contributed by atoms with Gasteiger partial charge in [0.1, 0.15) is 11.5 Å². The molecule has 1 amide bonds. The van der Waals surface area contributed by atoms with Gasteiger partial charge in [0.05, 0.1) is 11.4 Å². The van der Waals surface area contributed by atoms with Gasteiger partial charge in [-0.05, 0) is 42.8 Å². The summed E-state index contributed by atoms with van der Waals surface area (Å²) in [4.78, 5) is 16.5. The molecule has 0 bridgehead atoms. The molecule has 1 N–H and O–H groups in total. The van der Waals surface area contributed by atoms with Crippen molar-refractivity contribution in [2.75, 3.05) is 5.75 Å². The summed E-state index contributed by atoms with van der Waals surface area (Å²) in [6, 6.07) is 14.4. The van der Waals surface area contributed by atoms with E-state index < -0.39 is 10.8 Å². The molecule has 0 saturated heterocycles. The Bertz CT molecular complexity index is 1000. The van der Waals surface area contributed by atoms with E-state index in [2.05, 4.69) is 10.3 Å². The molecular weight excluding hydrogens is 419 g/mol. The molecule has 0 fully saturated rings. The zero-order valence-corrected chi connectivity index (χ0v) is 17.4. The van der Waals surface area contributed by atoms with Crippen LogP contribution in [0.1, 0.15) is 17.0 Å². The molecule has 0 spiro atoms. The molecule has 0 aliphatic rings. The van der Waals surface area contributed by atoms with Crippen LogP contribution < -0.4 is 5.32 Å². The van der Waals surface area contributed by atoms with E-state index in [1.807, 2.05) is 18.2 Å². The topological polar surface area (TPSA) is 72.2 Å². The third-order valence-corrected chi connectivity index (χ3v) is 5.81. The number of nitrogens with zero attached hydrogens (tertiary/aromatic N) is 1. The maximum atomic E-state index is 12.4. The van der Waals surface area contributed by atoms with Gasteiger partial charge in [0.25, 0.3) is 0 Å². The van der Waals surface area contributed by atoms with Crippen molar-refractivity contribution < 1.29 is 13.4 Å². The van der Waals surface area contributed by atoms with Crippen LogP contribution in [0.2, 0.25) is 10.0 Å². The number of aryl methyl sites for hydroxylation is 1. The van der Waals surface area contributed by atoms with Crippen molar-refractivity contribution >= 4 is 39.9 Å². The van der Waals surface area contributed by atoms with E-state index >= 15 is 0 Å². The maximum absolute atomic E-state index is 12.4. The number of nitrogens with one attached hydrogen (secondary N) is 1. The van der Waals surface area contributed by atoms with Gasteiger partial charge < -0.3 is 9.73 Å². The first-order chi connectivity index (χ1) is 13.4. The summed E-state index contributed by atoms with van der Waals surface area (Å²) in [6.45, 7) is 2.05. The van der Waals surface area contributed by atoms with Crippen molar-refractivity contribution in [3.05, 3.63) is 75.6 Å². The highest BCUT2D eigenvalue weighted by atomic mass is 35.5. The van der Waals surface area contributed by atoms with Crippen LogP contribution in [-0.2, 0) is 27.9 Å². The van der Waals surface area contributed by atoms with Gasteiger partial charge in [-0.2, -0.15) is 0 Å². The Kier molecular flexibility index (Phi) is 6.88. The minimum absolute atomic E-state index is 0.118. The Labute approximate surface area is 175 Å². The maximum Gasteiger partial charge on any atom is 0.232 e. The SMILES string of the molecule is Cc1oc(-c2ccc(Cl)cc2)nc1C[S@](=O)CC(=O)NCc1ccccc1Cl. The summed E-state index contributed by atoms with van der Waals surface area (Å²) < 4.78 is 18.0. The van der Waals surface area contributed by atoms with Crippen LogP contribution in [0, 0.1) is 6.92 Å². The number of rotatable bonds is 7. The average Bonchev–Trinajstić information content (AvgIpc) is 3.02. The number of hydrogen-bond donors (Lipinski definition) is 1. The summed E-state index contributed by atoms with van der Waals surface area (Å²) in [5.74, 6) is 0.728. The molecule has 2 aromatic carbocycles. The molecule has 0 aliphatic heterocycles. The smallest absolute Gasteiger partial charge is 0.232 e. The summed E-state index contributed by atoms with van der Waals surface area (Å²) in [6.07, 6.45) is 0. The zero-order chi connectivity index (χ0) is 20.1. The monoisotopic (exact) mass is 436 g/mol. The largest absolute Gasteiger partial charge is 0.441 e. The highest BCUT2D eigenvalue weighted by Gasteiger charge is 2.16. The Balaban J connectivity index is 1.56. The van der Waals surface area contributed by atoms with E-state index in [1.54, 1.807) is 37.3 Å². The average molecular weight is 437 g/mol. The number of oxazole rings is 1. The third-order valence-electron chi connectivity index (χ3n) is 4.01. The molecule has 1 heterocycles. The molecule has 1 aromatic heterocycles. The fourth-order valence-corrected chi connectivity index (χ4v) is 3.91. The molecule has 5 nitrogen and oxygen atoms in total. The van der Waals surface area contributed by atoms with Crippen molar-refractivity contribution in [1.82, 2.24) is 10.3 Å². The number of halogens is 2. The van der Waals surface area contributed by atoms with E-state index in [4.69, 9.17) is 27.6 Å². The Hall–Kier alpha value is -2.15. The van der Waals surface area contributed by atoms with E-state index in [0.717, 1.165) is 11.1 Å². The van der Waals surface area contributed by atoms with E-state index in [-0.39, 0.29) is 17.4 Å². The molecule has 0 unspecified atom stereocenters. The number of carbonyl (C=O) groups is 1. The van der Waals surface area contributed by atoms with Gasteiger partial charge in [0.15, 0.2) is 0 Å². The number of hydrogen-bond acceptors (Lipinski definition) is 4. The minimum Gasteiger partial charge on any atom is -0.441 e. The number of carbonyl (C=O) groups excluding carboxylic acids is 1. The second-order valence-electron chi connectivity index (χ2n) is 6.13. The lowest BCUT2D eigenvalue weighted by Gasteiger charge is -2.06. The first-order valence-corrected chi connectivity index (χ1v) is 10.7. The van der Waals surface area contributed by atoms with Gasteiger partial charge in [-0.3, -0.25) is 9.00 Å².